The second-order valence-electron chi connectivity index (χ2n) is 10.9. The minimum atomic E-state index is -3.51. The summed E-state index contributed by atoms with van der Waals surface area (Å²) < 4.78 is 26.5. The zero-order valence-corrected chi connectivity index (χ0v) is 23.4. The number of aryl methyl sites for hydroxylation is 2. The zero-order valence-electron chi connectivity index (χ0n) is 22.6. The highest BCUT2D eigenvalue weighted by atomic mass is 32.2. The van der Waals surface area contributed by atoms with Crippen LogP contribution in [0.15, 0.2) is 71.8 Å². The standard InChI is InChI=1S/C31H35N5O2S/c1-35(2)39(37,38)29-7-5-6-23(19-29)25-8-9-26-21-32-31(34-30(26)20-25)33-27-13-10-22-11-14-28(15-12-24(22)18-27)36-16-3-4-17-36/h5-10,13,18-21,28H,3-4,11-12,14-17H2,1-2H3,(H,32,33,34). The Labute approximate surface area is 230 Å². The van der Waals surface area contributed by atoms with Crippen LogP contribution in [0.1, 0.15) is 36.8 Å². The van der Waals surface area contributed by atoms with Gasteiger partial charge in [0.15, 0.2) is 0 Å². The minimum Gasteiger partial charge on any atom is -0.324 e. The van der Waals surface area contributed by atoms with E-state index >= 15 is 0 Å². The Morgan fingerprint density at radius 3 is 2.46 bits per heavy atom. The highest BCUT2D eigenvalue weighted by Crippen LogP contribution is 2.30. The Kier molecular flexibility index (Phi) is 7.10. The smallest absolute Gasteiger partial charge is 0.242 e. The fourth-order valence-electron chi connectivity index (χ4n) is 5.88. The number of anilines is 2. The second-order valence-corrected chi connectivity index (χ2v) is 13.0. The van der Waals surface area contributed by atoms with Crippen LogP contribution < -0.4 is 5.32 Å². The lowest BCUT2D eigenvalue weighted by Crippen LogP contribution is -2.32. The van der Waals surface area contributed by atoms with Crippen molar-refractivity contribution < 1.29 is 8.42 Å². The van der Waals surface area contributed by atoms with E-state index in [9.17, 15) is 8.42 Å². The van der Waals surface area contributed by atoms with Gasteiger partial charge in [0.25, 0.3) is 0 Å². The number of nitrogens with one attached hydrogen (secondary N) is 1. The van der Waals surface area contributed by atoms with Gasteiger partial charge in [-0.1, -0.05) is 30.3 Å². The van der Waals surface area contributed by atoms with Crippen LogP contribution in [0.4, 0.5) is 11.6 Å². The van der Waals surface area contributed by atoms with Crippen LogP contribution in [-0.2, 0) is 22.9 Å². The summed E-state index contributed by atoms with van der Waals surface area (Å²) in [6, 6.07) is 20.3. The molecule has 1 fully saturated rings. The van der Waals surface area contributed by atoms with Crippen molar-refractivity contribution in [1.29, 1.82) is 0 Å². The van der Waals surface area contributed by atoms with Crippen molar-refractivity contribution in [2.75, 3.05) is 32.5 Å². The molecule has 202 valence electrons. The molecule has 0 saturated carbocycles. The van der Waals surface area contributed by atoms with Gasteiger partial charge < -0.3 is 10.2 Å². The van der Waals surface area contributed by atoms with Gasteiger partial charge in [-0.15, -0.1) is 0 Å². The van der Waals surface area contributed by atoms with Crippen LogP contribution in [0.25, 0.3) is 22.0 Å². The maximum atomic E-state index is 12.6. The molecule has 3 aromatic carbocycles. The first-order chi connectivity index (χ1) is 18.9. The molecule has 0 radical (unpaired) electrons. The minimum absolute atomic E-state index is 0.269. The number of aromatic nitrogens is 2. The summed E-state index contributed by atoms with van der Waals surface area (Å²) in [6.45, 7) is 2.52. The lowest BCUT2D eigenvalue weighted by atomic mass is 10.0. The van der Waals surface area contributed by atoms with Crippen molar-refractivity contribution in [2.24, 2.45) is 0 Å². The van der Waals surface area contributed by atoms with E-state index in [0.29, 0.717) is 12.0 Å². The number of rotatable bonds is 6. The van der Waals surface area contributed by atoms with Crippen LogP contribution in [0, 0.1) is 0 Å². The van der Waals surface area contributed by atoms with Crippen LogP contribution in [0.2, 0.25) is 0 Å². The molecule has 1 N–H and O–H groups in total. The lowest BCUT2D eigenvalue weighted by molar-refractivity contribution is 0.222. The van der Waals surface area contributed by atoms with Crippen molar-refractivity contribution in [3.63, 3.8) is 0 Å². The number of sulfonamides is 1. The summed E-state index contributed by atoms with van der Waals surface area (Å²) in [7, 11) is -0.431. The van der Waals surface area contributed by atoms with Crippen molar-refractivity contribution in [1.82, 2.24) is 19.2 Å². The molecule has 1 aromatic heterocycles. The van der Waals surface area contributed by atoms with E-state index in [1.54, 1.807) is 32.3 Å². The van der Waals surface area contributed by atoms with Crippen molar-refractivity contribution in [3.8, 4) is 11.1 Å². The fourth-order valence-corrected chi connectivity index (χ4v) is 6.83. The Hall–Kier alpha value is -3.33. The third-order valence-corrected chi connectivity index (χ3v) is 9.95. The Morgan fingerprint density at radius 1 is 0.897 bits per heavy atom. The molecule has 2 aliphatic rings. The summed E-state index contributed by atoms with van der Waals surface area (Å²) in [5.74, 6) is 0.548. The van der Waals surface area contributed by atoms with E-state index in [-0.39, 0.29) is 4.90 Å². The molecular weight excluding hydrogens is 506 g/mol. The zero-order chi connectivity index (χ0) is 27.0. The third-order valence-electron chi connectivity index (χ3n) is 8.14. The molecular formula is C31H35N5O2S. The molecule has 1 atom stereocenters. The van der Waals surface area contributed by atoms with Crippen LogP contribution >= 0.6 is 0 Å². The van der Waals surface area contributed by atoms with Gasteiger partial charge >= 0.3 is 0 Å². The van der Waals surface area contributed by atoms with Gasteiger partial charge in [-0.05, 0) is 104 Å². The highest BCUT2D eigenvalue weighted by molar-refractivity contribution is 7.89. The van der Waals surface area contributed by atoms with Crippen LogP contribution in [0.3, 0.4) is 0 Å². The first-order valence-electron chi connectivity index (χ1n) is 13.8. The third kappa shape index (κ3) is 5.41. The van der Waals surface area contributed by atoms with E-state index in [2.05, 4.69) is 33.4 Å². The van der Waals surface area contributed by atoms with Gasteiger partial charge in [0, 0.05) is 37.4 Å². The first kappa shape index (κ1) is 25.9. The summed E-state index contributed by atoms with van der Waals surface area (Å²) in [5.41, 5.74) is 6.42. The molecule has 7 nitrogen and oxygen atoms in total. The molecule has 6 rings (SSSR count). The number of nitrogens with zero attached hydrogens (tertiary/aromatic N) is 4. The van der Waals surface area contributed by atoms with Gasteiger partial charge in [-0.2, -0.15) is 0 Å². The second kappa shape index (κ2) is 10.7. The number of hydrogen-bond acceptors (Lipinski definition) is 6. The normalized spacial score (nSPS) is 18.3. The fraction of sp³-hybridized carbons (Fsp3) is 0.355. The van der Waals surface area contributed by atoms with E-state index < -0.39 is 10.0 Å². The molecule has 0 spiro atoms. The SMILES string of the molecule is CN(C)S(=O)(=O)c1cccc(-c2ccc3cnc(Nc4ccc5c(c4)CCC(N4CCCC4)CC5)nc3c2)c1. The van der Waals surface area contributed by atoms with E-state index in [1.807, 2.05) is 30.5 Å². The van der Waals surface area contributed by atoms with Crippen molar-refractivity contribution in [2.45, 2.75) is 49.5 Å². The molecule has 1 aliphatic heterocycles. The van der Waals surface area contributed by atoms with Crippen molar-refractivity contribution in [3.05, 3.63) is 78.0 Å². The monoisotopic (exact) mass is 541 g/mol. The van der Waals surface area contributed by atoms with E-state index in [0.717, 1.165) is 40.6 Å². The summed E-state index contributed by atoms with van der Waals surface area (Å²) >= 11 is 0. The molecule has 8 heteroatoms. The highest BCUT2D eigenvalue weighted by Gasteiger charge is 2.24. The van der Waals surface area contributed by atoms with Gasteiger partial charge in [-0.25, -0.2) is 22.7 Å². The molecule has 4 aromatic rings. The Balaban J connectivity index is 1.23. The molecule has 0 amide bonds. The lowest BCUT2D eigenvalue weighted by Gasteiger charge is -2.25. The molecule has 39 heavy (non-hydrogen) atoms. The first-order valence-corrected chi connectivity index (χ1v) is 15.2. The topological polar surface area (TPSA) is 78.4 Å². The number of likely N-dealkylation sites (tertiary alicyclic amines) is 1. The molecule has 1 aliphatic carbocycles. The number of fused-ring (bicyclic) bond motifs is 2. The molecule has 1 saturated heterocycles. The predicted octanol–water partition coefficient (Wildman–Crippen LogP) is 5.63. The number of hydrogen-bond donors (Lipinski definition) is 1. The molecule has 2 heterocycles. The van der Waals surface area contributed by atoms with E-state index in [1.165, 1.54) is 54.2 Å². The molecule has 0 bridgehead atoms. The maximum absolute atomic E-state index is 12.6. The van der Waals surface area contributed by atoms with Gasteiger partial charge in [-0.3, -0.25) is 0 Å². The van der Waals surface area contributed by atoms with Crippen LogP contribution in [-0.4, -0.2) is 60.8 Å². The largest absolute Gasteiger partial charge is 0.324 e. The van der Waals surface area contributed by atoms with Gasteiger partial charge in [0.1, 0.15) is 0 Å². The Bertz CT molecular complexity index is 1610. The number of benzene rings is 3. The van der Waals surface area contributed by atoms with Gasteiger partial charge in [0.05, 0.1) is 10.4 Å². The van der Waals surface area contributed by atoms with Crippen molar-refractivity contribution >= 4 is 32.6 Å². The average molecular weight is 542 g/mol. The summed E-state index contributed by atoms with van der Waals surface area (Å²) in [6.07, 6.45) is 9.23. The molecule has 1 unspecified atom stereocenters. The average Bonchev–Trinajstić information content (AvgIpc) is 3.40. The predicted molar refractivity (Wildman–Crippen MR) is 157 cm³/mol. The van der Waals surface area contributed by atoms with Gasteiger partial charge in [0.2, 0.25) is 16.0 Å². The summed E-state index contributed by atoms with van der Waals surface area (Å²) in [5, 5.41) is 4.34. The Morgan fingerprint density at radius 2 is 1.67 bits per heavy atom. The van der Waals surface area contributed by atoms with E-state index in [4.69, 9.17) is 4.98 Å². The quantitative estimate of drug-likeness (QED) is 0.319. The summed E-state index contributed by atoms with van der Waals surface area (Å²) in [4.78, 5) is 12.3. The van der Waals surface area contributed by atoms with Crippen LogP contribution in [0.5, 0.6) is 0 Å². The maximum Gasteiger partial charge on any atom is 0.242 e.